The predicted molar refractivity (Wildman–Crippen MR) is 207 cm³/mol. The molecule has 3 heterocycles. The van der Waals surface area contributed by atoms with Gasteiger partial charge in [-0.1, -0.05) is 63.3 Å². The minimum absolute atomic E-state index is 0.0185. The van der Waals surface area contributed by atoms with Crippen LogP contribution < -0.4 is 22.1 Å². The summed E-state index contributed by atoms with van der Waals surface area (Å²) >= 11 is 0. The summed E-state index contributed by atoms with van der Waals surface area (Å²) in [5, 5.41) is 36.9. The summed E-state index contributed by atoms with van der Waals surface area (Å²) in [6.07, 6.45) is 6.58. The first kappa shape index (κ1) is 46.7. The minimum atomic E-state index is -1.70. The molecule has 0 aromatic carbocycles. The molecule has 56 heavy (non-hydrogen) atoms. The number of unbranched alkanes of at least 4 members (excludes halogenated alkanes) is 1. The van der Waals surface area contributed by atoms with Gasteiger partial charge in [-0.3, -0.25) is 14.6 Å². The number of nitrogens with two attached hydrogens (primary N) is 2. The number of aliphatic hydroxyl groups excluding tert-OH is 2. The zero-order valence-electron chi connectivity index (χ0n) is 33.4. The van der Waals surface area contributed by atoms with Crippen molar-refractivity contribution in [1.29, 1.82) is 0 Å². The summed E-state index contributed by atoms with van der Waals surface area (Å²) in [6, 6.07) is -1.06. The highest BCUT2D eigenvalue weighted by atomic mass is 16.7. The van der Waals surface area contributed by atoms with Gasteiger partial charge in [-0.2, -0.15) is 0 Å². The van der Waals surface area contributed by atoms with Gasteiger partial charge in [-0.25, -0.2) is 4.79 Å². The largest absolute Gasteiger partial charge is 0.480 e. The van der Waals surface area contributed by atoms with Gasteiger partial charge in [0.1, 0.15) is 25.0 Å². The second-order valence-corrected chi connectivity index (χ2v) is 15.1. The number of carbonyl (C=O) groups is 3. The molecule has 0 radical (unpaired) electrons. The van der Waals surface area contributed by atoms with Gasteiger partial charge in [0.2, 0.25) is 11.7 Å². The Kier molecular flexibility index (Phi) is 18.1. The zero-order valence-corrected chi connectivity index (χ0v) is 33.4. The fourth-order valence-corrected chi connectivity index (χ4v) is 7.20. The van der Waals surface area contributed by atoms with E-state index in [1.54, 1.807) is 19.3 Å². The highest BCUT2D eigenvalue weighted by Gasteiger charge is 2.57. The number of hydrogen-bond donors (Lipinski definition) is 7. The van der Waals surface area contributed by atoms with E-state index in [1.807, 2.05) is 39.8 Å². The number of guanidine groups is 1. The molecule has 0 bridgehead atoms. The van der Waals surface area contributed by atoms with Gasteiger partial charge in [0.25, 0.3) is 5.91 Å². The first-order valence-corrected chi connectivity index (χ1v) is 19.0. The fraction of sp³-hybridized carbons (Fsp3) is 0.692. The molecule has 9 N–H and O–H groups in total. The Balaban J connectivity index is 1.51. The fourth-order valence-electron chi connectivity index (χ4n) is 7.20. The third kappa shape index (κ3) is 12.7. The quantitative estimate of drug-likeness (QED) is 0.0231. The molecule has 0 aromatic heterocycles. The number of ether oxygens (including phenoxy) is 6. The number of nitrogens with one attached hydrogen (secondary N) is 2. The Labute approximate surface area is 329 Å². The van der Waals surface area contributed by atoms with E-state index in [9.17, 15) is 29.7 Å². The molecule has 316 valence electrons. The van der Waals surface area contributed by atoms with Gasteiger partial charge in [-0.05, 0) is 39.0 Å². The van der Waals surface area contributed by atoms with E-state index >= 15 is 0 Å². The summed E-state index contributed by atoms with van der Waals surface area (Å²) in [6.45, 7) is 12.0. The summed E-state index contributed by atoms with van der Waals surface area (Å²) < 4.78 is 35.9. The van der Waals surface area contributed by atoms with Gasteiger partial charge < -0.3 is 65.8 Å². The van der Waals surface area contributed by atoms with Crippen molar-refractivity contribution in [3.8, 4) is 0 Å². The average Bonchev–Trinajstić information content (AvgIpc) is 3.14. The number of carboxylic acids is 1. The number of amides is 2. The second kappa shape index (κ2) is 21.7. The van der Waals surface area contributed by atoms with E-state index in [4.69, 9.17) is 39.9 Å². The van der Waals surface area contributed by atoms with Gasteiger partial charge in [0.15, 0.2) is 18.3 Å². The number of aliphatic imine (C=N–C) groups is 1. The van der Waals surface area contributed by atoms with Crippen LogP contribution in [0.3, 0.4) is 0 Å². The van der Waals surface area contributed by atoms with Crippen molar-refractivity contribution in [2.45, 2.75) is 133 Å². The maximum absolute atomic E-state index is 13.5. The maximum Gasteiger partial charge on any atom is 0.326 e. The zero-order chi connectivity index (χ0) is 41.6. The van der Waals surface area contributed by atoms with Crippen molar-refractivity contribution in [1.82, 2.24) is 10.6 Å². The van der Waals surface area contributed by atoms with Crippen LogP contribution in [0.1, 0.15) is 72.6 Å². The van der Waals surface area contributed by atoms with Crippen LogP contribution in [-0.4, -0.2) is 127 Å². The molecule has 2 amide bonds. The van der Waals surface area contributed by atoms with Crippen molar-refractivity contribution in [3.05, 3.63) is 48.6 Å². The van der Waals surface area contributed by atoms with Gasteiger partial charge >= 0.3 is 5.97 Å². The Morgan fingerprint density at radius 3 is 2.41 bits per heavy atom. The number of allylic oxidation sites excluding steroid dienone is 5. The van der Waals surface area contributed by atoms with Crippen LogP contribution >= 0.6 is 0 Å². The molecule has 3 aliphatic heterocycles. The van der Waals surface area contributed by atoms with Gasteiger partial charge in [0, 0.05) is 51.0 Å². The number of rotatable bonds is 20. The van der Waals surface area contributed by atoms with Crippen LogP contribution in [0.25, 0.3) is 0 Å². The normalized spacial score (nSPS) is 30.8. The van der Waals surface area contributed by atoms with Crippen molar-refractivity contribution >= 4 is 23.7 Å². The number of nitrogens with zero attached hydrogens (tertiary/aromatic N) is 1. The van der Waals surface area contributed by atoms with Crippen LogP contribution in [-0.2, 0) is 42.8 Å². The van der Waals surface area contributed by atoms with Crippen LogP contribution in [0.5, 0.6) is 0 Å². The summed E-state index contributed by atoms with van der Waals surface area (Å²) in [5.41, 5.74) is 10.7. The van der Waals surface area contributed by atoms with Crippen LogP contribution in [0.15, 0.2) is 53.6 Å². The molecular formula is C39H63N5O12. The summed E-state index contributed by atoms with van der Waals surface area (Å²) in [4.78, 5) is 40.9. The Bertz CT molecular complexity index is 1450. The standard InChI is InChI=1S/C39H63N5O12/c1-23-21-39(52-7,56-25(3)24(23)2)32(47)34(48)44-35-31-30(53-22-54-35)33(51-6)38(4,5)28(55-31)20-26(45)16-13-11-9-8-10-12-14-18-29(46)43-27(36(49)50)17-15-19-42-37(40)41/h8-10,12,14,18,24-28,30-33,35,45,47H,1,11,13,15-17,19-22H2,2-7H3,(H,43,46)(H,44,48)(H,49,50)(H4,40,41,42)/b9-8+,12-10+,18-14+/t24-,25-,26-,27?,28-,30+,31+,32-,33-,35?,39-/m1/s1. The molecular weight excluding hydrogens is 730 g/mol. The summed E-state index contributed by atoms with van der Waals surface area (Å²) in [5.74, 6) is -4.14. The van der Waals surface area contributed by atoms with Gasteiger partial charge in [-0.15, -0.1) is 0 Å². The molecule has 0 spiro atoms. The van der Waals surface area contributed by atoms with Gasteiger partial charge in [0.05, 0.1) is 24.4 Å². The van der Waals surface area contributed by atoms with Crippen molar-refractivity contribution in [2.24, 2.45) is 27.8 Å². The molecule has 17 heteroatoms. The second-order valence-electron chi connectivity index (χ2n) is 15.1. The molecule has 3 fully saturated rings. The Morgan fingerprint density at radius 2 is 1.77 bits per heavy atom. The lowest BCUT2D eigenvalue weighted by molar-refractivity contribution is -0.332. The van der Waals surface area contributed by atoms with E-state index in [1.165, 1.54) is 19.3 Å². The molecule has 0 saturated carbocycles. The molecule has 0 aliphatic carbocycles. The number of hydrogen-bond acceptors (Lipinski definition) is 12. The molecule has 0 aromatic rings. The highest BCUT2D eigenvalue weighted by Crippen LogP contribution is 2.44. The van der Waals surface area contributed by atoms with Crippen molar-refractivity contribution in [3.63, 3.8) is 0 Å². The predicted octanol–water partition coefficient (Wildman–Crippen LogP) is 1.53. The Hall–Kier alpha value is -3.68. The lowest BCUT2D eigenvalue weighted by atomic mass is 9.72. The third-order valence-electron chi connectivity index (χ3n) is 10.7. The minimum Gasteiger partial charge on any atom is -0.480 e. The molecule has 3 rings (SSSR count). The number of carbonyl (C=O) groups excluding carboxylic acids is 2. The molecule has 11 atom stereocenters. The molecule has 3 saturated heterocycles. The van der Waals surface area contributed by atoms with E-state index in [0.29, 0.717) is 25.7 Å². The first-order valence-electron chi connectivity index (χ1n) is 19.0. The number of aliphatic hydroxyl groups is 2. The van der Waals surface area contributed by atoms with E-state index in [0.717, 1.165) is 5.57 Å². The van der Waals surface area contributed by atoms with E-state index in [2.05, 4.69) is 22.2 Å². The topological polar surface area (TPSA) is 256 Å². The SMILES string of the molecule is C=C1C[C@](OC)([C@H](O)C(=O)NC2OCO[C@H]3[C@@H]2O[C@H](C[C@H](O)CCC/C=C/C=C/C=C/C(=O)NC(CCCN=C(N)N)C(=O)O)C(C)(C)[C@@H]3OC)O[C@H](C)[C@@H]1C. The van der Waals surface area contributed by atoms with Crippen molar-refractivity contribution < 1.29 is 58.1 Å². The Morgan fingerprint density at radius 1 is 1.05 bits per heavy atom. The molecule has 3 aliphatic rings. The van der Waals surface area contributed by atoms with Crippen LogP contribution in [0, 0.1) is 11.3 Å². The average molecular weight is 794 g/mol. The lowest BCUT2D eigenvalue weighted by Crippen LogP contribution is -2.69. The maximum atomic E-state index is 13.5. The molecule has 17 nitrogen and oxygen atoms in total. The first-order chi connectivity index (χ1) is 26.5. The van der Waals surface area contributed by atoms with Crippen LogP contribution in [0.4, 0.5) is 0 Å². The highest BCUT2D eigenvalue weighted by molar-refractivity contribution is 5.91. The third-order valence-corrected chi connectivity index (χ3v) is 10.7. The van der Waals surface area contributed by atoms with Crippen molar-refractivity contribution in [2.75, 3.05) is 27.6 Å². The monoisotopic (exact) mass is 793 g/mol. The van der Waals surface area contributed by atoms with E-state index in [-0.39, 0.29) is 50.6 Å². The number of aliphatic carboxylic acids is 1. The summed E-state index contributed by atoms with van der Waals surface area (Å²) in [7, 11) is 2.96. The smallest absolute Gasteiger partial charge is 0.326 e. The van der Waals surface area contributed by atoms with E-state index < -0.39 is 77.9 Å². The number of carboxylic acid groups (broad SMARTS) is 1. The number of methoxy groups -OCH3 is 2. The molecule has 2 unspecified atom stereocenters. The number of fused-ring (bicyclic) bond motifs is 1. The van der Waals surface area contributed by atoms with Crippen LogP contribution in [0.2, 0.25) is 0 Å². The lowest BCUT2D eigenvalue weighted by Gasteiger charge is -2.54.